The average molecular weight is 555 g/mol. The largest absolute Gasteiger partial charge is 0.541 e. The number of fused-ring (bicyclic) bond motifs is 1. The van der Waals surface area contributed by atoms with Crippen LogP contribution >= 0.6 is 0 Å². The number of aliphatic hydroxyl groups excluding tert-OH is 1. The van der Waals surface area contributed by atoms with Gasteiger partial charge in [-0.05, 0) is 85.3 Å². The SMILES string of the molecule is C=C(CC(C)C)C(O)CC1c2cc(OCc3ccccc3[N+](=O)[O-])c(O[Si](C)(C)C(C)(C)C)cc2CCN1C. The summed E-state index contributed by atoms with van der Waals surface area (Å²) in [5.74, 6) is 1.69. The Balaban J connectivity index is 2.02. The maximum Gasteiger partial charge on any atom is 0.276 e. The van der Waals surface area contributed by atoms with Gasteiger partial charge in [-0.1, -0.05) is 53.3 Å². The molecule has 1 aliphatic rings. The minimum Gasteiger partial charge on any atom is -0.541 e. The third-order valence-electron chi connectivity index (χ3n) is 8.16. The minimum absolute atomic E-state index is 0.0111. The van der Waals surface area contributed by atoms with Gasteiger partial charge in [-0.3, -0.25) is 15.0 Å². The molecule has 0 fully saturated rings. The van der Waals surface area contributed by atoms with Gasteiger partial charge in [0.05, 0.1) is 16.6 Å². The van der Waals surface area contributed by atoms with E-state index in [-0.39, 0.29) is 28.3 Å². The Morgan fingerprint density at radius 3 is 2.51 bits per heavy atom. The van der Waals surface area contributed by atoms with E-state index in [1.807, 2.05) is 6.07 Å². The Morgan fingerprint density at radius 1 is 1.23 bits per heavy atom. The molecule has 1 aliphatic heterocycles. The zero-order valence-corrected chi connectivity index (χ0v) is 25.9. The van der Waals surface area contributed by atoms with Gasteiger partial charge in [-0.15, -0.1) is 0 Å². The highest BCUT2D eigenvalue weighted by atomic mass is 28.4. The topological polar surface area (TPSA) is 85.1 Å². The predicted molar refractivity (Wildman–Crippen MR) is 160 cm³/mol. The number of nitrogens with zero attached hydrogens (tertiary/aromatic N) is 2. The second-order valence-electron chi connectivity index (χ2n) is 12.8. The lowest BCUT2D eigenvalue weighted by atomic mass is 9.87. The van der Waals surface area contributed by atoms with Gasteiger partial charge in [0.15, 0.2) is 5.75 Å². The zero-order chi connectivity index (χ0) is 29.1. The molecule has 0 bridgehead atoms. The fourth-order valence-electron chi connectivity index (χ4n) is 4.77. The molecule has 0 spiro atoms. The van der Waals surface area contributed by atoms with Crippen LogP contribution in [0.15, 0.2) is 48.6 Å². The van der Waals surface area contributed by atoms with Crippen LogP contribution in [0, 0.1) is 16.0 Å². The normalized spacial score (nSPS) is 17.0. The van der Waals surface area contributed by atoms with E-state index in [1.54, 1.807) is 18.2 Å². The Bertz CT molecular complexity index is 1190. The van der Waals surface area contributed by atoms with Crippen LogP contribution in [0.4, 0.5) is 5.69 Å². The maximum absolute atomic E-state index is 11.6. The lowest BCUT2D eigenvalue weighted by Gasteiger charge is -2.39. The van der Waals surface area contributed by atoms with Crippen molar-refractivity contribution >= 4 is 14.0 Å². The number of benzene rings is 2. The van der Waals surface area contributed by atoms with E-state index in [9.17, 15) is 15.2 Å². The smallest absolute Gasteiger partial charge is 0.276 e. The van der Waals surface area contributed by atoms with Gasteiger partial charge in [0.25, 0.3) is 14.0 Å². The number of nitro benzene ring substituents is 1. The maximum atomic E-state index is 11.6. The summed E-state index contributed by atoms with van der Waals surface area (Å²) in [6.45, 7) is 20.3. The molecule has 3 rings (SSSR count). The van der Waals surface area contributed by atoms with Gasteiger partial charge in [0.1, 0.15) is 12.4 Å². The molecule has 2 unspecified atom stereocenters. The number of likely N-dealkylation sites (N-methyl/N-ethyl adjacent to an activating group) is 1. The molecule has 8 heteroatoms. The molecule has 2 aromatic rings. The first-order valence-electron chi connectivity index (χ1n) is 13.9. The van der Waals surface area contributed by atoms with E-state index < -0.39 is 14.4 Å². The summed E-state index contributed by atoms with van der Waals surface area (Å²) in [4.78, 5) is 13.5. The number of hydrogen-bond donors (Lipinski definition) is 1. The molecule has 0 saturated heterocycles. The van der Waals surface area contributed by atoms with Crippen LogP contribution in [0.3, 0.4) is 0 Å². The van der Waals surface area contributed by atoms with Gasteiger partial charge >= 0.3 is 0 Å². The van der Waals surface area contributed by atoms with Crippen LogP contribution in [0.25, 0.3) is 0 Å². The molecular weight excluding hydrogens is 508 g/mol. The number of rotatable bonds is 11. The molecular formula is C31H46N2O5Si. The highest BCUT2D eigenvalue weighted by molar-refractivity contribution is 6.74. The van der Waals surface area contributed by atoms with E-state index in [1.165, 1.54) is 11.6 Å². The lowest BCUT2D eigenvalue weighted by molar-refractivity contribution is -0.385. The van der Waals surface area contributed by atoms with Crippen molar-refractivity contribution in [1.82, 2.24) is 4.90 Å². The molecule has 0 aliphatic carbocycles. The molecule has 0 radical (unpaired) electrons. The summed E-state index contributed by atoms with van der Waals surface area (Å²) in [7, 11) is -0.114. The second-order valence-corrected chi connectivity index (χ2v) is 17.5. The molecule has 2 atom stereocenters. The molecule has 2 aromatic carbocycles. The van der Waals surface area contributed by atoms with Crippen LogP contribution in [-0.2, 0) is 13.0 Å². The van der Waals surface area contributed by atoms with Gasteiger partial charge in [0, 0.05) is 18.7 Å². The Hall–Kier alpha value is -2.68. The highest BCUT2D eigenvalue weighted by Gasteiger charge is 2.40. The third-order valence-corrected chi connectivity index (χ3v) is 12.5. The first-order valence-corrected chi connectivity index (χ1v) is 16.8. The lowest BCUT2D eigenvalue weighted by Crippen LogP contribution is -2.44. The van der Waals surface area contributed by atoms with E-state index in [0.29, 0.717) is 29.4 Å². The quantitative estimate of drug-likeness (QED) is 0.134. The summed E-state index contributed by atoms with van der Waals surface area (Å²) in [6, 6.07) is 10.8. The number of para-hydroxylation sites is 1. The summed E-state index contributed by atoms with van der Waals surface area (Å²) in [6.07, 6.45) is 1.59. The summed E-state index contributed by atoms with van der Waals surface area (Å²) in [5.41, 5.74) is 3.68. The molecule has 0 saturated carbocycles. The van der Waals surface area contributed by atoms with Crippen molar-refractivity contribution in [3.63, 3.8) is 0 Å². The van der Waals surface area contributed by atoms with Gasteiger partial charge in [0.2, 0.25) is 0 Å². The molecule has 39 heavy (non-hydrogen) atoms. The summed E-state index contributed by atoms with van der Waals surface area (Å²) >= 11 is 0. The van der Waals surface area contributed by atoms with Crippen LogP contribution < -0.4 is 9.16 Å². The molecule has 7 nitrogen and oxygen atoms in total. The average Bonchev–Trinajstić information content (AvgIpc) is 2.83. The van der Waals surface area contributed by atoms with Crippen LogP contribution in [-0.4, -0.2) is 42.9 Å². The molecule has 1 N–H and O–H groups in total. The van der Waals surface area contributed by atoms with Crippen molar-refractivity contribution in [2.24, 2.45) is 5.92 Å². The fourth-order valence-corrected chi connectivity index (χ4v) is 5.78. The second kappa shape index (κ2) is 12.2. The van der Waals surface area contributed by atoms with E-state index in [0.717, 1.165) is 30.5 Å². The number of hydrogen-bond acceptors (Lipinski definition) is 6. The predicted octanol–water partition coefficient (Wildman–Crippen LogP) is 7.44. The fraction of sp³-hybridized carbons (Fsp3) is 0.548. The van der Waals surface area contributed by atoms with Gasteiger partial charge in [-0.25, -0.2) is 0 Å². The monoisotopic (exact) mass is 554 g/mol. The first kappa shape index (κ1) is 30.9. The van der Waals surface area contributed by atoms with Crippen LogP contribution in [0.5, 0.6) is 11.5 Å². The van der Waals surface area contributed by atoms with E-state index in [2.05, 4.69) is 72.3 Å². The van der Waals surface area contributed by atoms with Gasteiger partial charge in [-0.2, -0.15) is 0 Å². The summed E-state index contributed by atoms with van der Waals surface area (Å²) < 4.78 is 13.1. The first-order chi connectivity index (χ1) is 18.1. The van der Waals surface area contributed by atoms with Crippen molar-refractivity contribution in [2.75, 3.05) is 13.6 Å². The Morgan fingerprint density at radius 2 is 1.90 bits per heavy atom. The van der Waals surface area contributed by atoms with Crippen molar-refractivity contribution in [1.29, 1.82) is 0 Å². The van der Waals surface area contributed by atoms with Gasteiger partial charge < -0.3 is 14.3 Å². The zero-order valence-electron chi connectivity index (χ0n) is 24.9. The van der Waals surface area contributed by atoms with Crippen molar-refractivity contribution in [3.8, 4) is 11.5 Å². The van der Waals surface area contributed by atoms with E-state index in [4.69, 9.17) is 9.16 Å². The number of aliphatic hydroxyl groups is 1. The van der Waals surface area contributed by atoms with Crippen LogP contribution in [0.1, 0.15) is 70.2 Å². The van der Waals surface area contributed by atoms with Crippen molar-refractivity contribution < 1.29 is 19.2 Å². The Kier molecular flexibility index (Phi) is 9.67. The van der Waals surface area contributed by atoms with Crippen molar-refractivity contribution in [2.45, 2.75) is 90.8 Å². The third kappa shape index (κ3) is 7.50. The molecule has 0 aromatic heterocycles. The minimum atomic E-state index is -2.20. The van der Waals surface area contributed by atoms with E-state index >= 15 is 0 Å². The Labute approximate surface area is 235 Å². The summed E-state index contributed by atoms with van der Waals surface area (Å²) in [5, 5.41) is 22.6. The standard InChI is InChI=1S/C31H46N2O5Si/c1-21(2)16-22(3)28(34)19-27-25-18-29(37-20-24-12-10-11-13-26(24)33(35)36)30(17-23(25)14-15-32(27)7)38-39(8,9)31(4,5)6/h10-13,17-18,21,27-28,34H,3,14-16,19-20H2,1-2,4-9H3. The number of ether oxygens (including phenoxy) is 1. The van der Waals surface area contributed by atoms with Crippen LogP contribution in [0.2, 0.25) is 18.1 Å². The highest BCUT2D eigenvalue weighted by Crippen LogP contribution is 2.44. The molecule has 214 valence electrons. The molecule has 1 heterocycles. The van der Waals surface area contributed by atoms with Crippen molar-refractivity contribution in [3.05, 3.63) is 75.4 Å². The molecule has 0 amide bonds. The number of nitro groups is 1.